The minimum absolute atomic E-state index is 0.259. The monoisotopic (exact) mass is 612 g/mol. The van der Waals surface area contributed by atoms with Crippen LogP contribution in [-0.2, 0) is 5.16 Å². The summed E-state index contributed by atoms with van der Waals surface area (Å²) in [5.74, 6) is 0.903. The molecule has 0 spiro atoms. The van der Waals surface area contributed by atoms with Crippen molar-refractivity contribution >= 4 is 37.8 Å². The zero-order chi connectivity index (χ0) is 31.4. The van der Waals surface area contributed by atoms with Crippen molar-refractivity contribution in [3.05, 3.63) is 206 Å². The maximum atomic E-state index is 5.47. The Morgan fingerprint density at radius 1 is 0.565 bits per heavy atom. The Kier molecular flexibility index (Phi) is 10.0. The summed E-state index contributed by atoms with van der Waals surface area (Å²) in [5, 5.41) is 1.08. The van der Waals surface area contributed by atoms with Gasteiger partial charge in [-0.1, -0.05) is 185 Å². The van der Waals surface area contributed by atoms with Crippen LogP contribution in [0, 0.1) is 0 Å². The highest BCUT2D eigenvalue weighted by molar-refractivity contribution is 6.95. The van der Waals surface area contributed by atoms with Crippen molar-refractivity contribution in [1.82, 2.24) is 9.55 Å². The van der Waals surface area contributed by atoms with Gasteiger partial charge in [-0.15, -0.1) is 0 Å². The third-order valence-corrected chi connectivity index (χ3v) is 11.0. The fraction of sp³-hybridized carbons (Fsp3) is 0.0488. The average molecular weight is 613 g/mol. The molecule has 224 valence electrons. The van der Waals surface area contributed by atoms with Crippen molar-refractivity contribution < 1.29 is 4.74 Å². The molecular weight excluding hydrogens is 575 g/mol. The first-order chi connectivity index (χ1) is 22.8. The highest BCUT2D eigenvalue weighted by Crippen LogP contribution is 2.33. The molecular formula is C41H37BN2OSi. The molecule has 6 aromatic carbocycles. The van der Waals surface area contributed by atoms with Crippen LogP contribution in [-0.4, -0.2) is 32.9 Å². The quantitative estimate of drug-likeness (QED) is 0.206. The normalized spacial score (nSPS) is 11.1. The van der Waals surface area contributed by atoms with Gasteiger partial charge in [0.15, 0.2) is 0 Å². The lowest BCUT2D eigenvalue weighted by molar-refractivity contribution is 0.415. The van der Waals surface area contributed by atoms with Crippen molar-refractivity contribution in [3.63, 3.8) is 0 Å². The molecule has 1 heterocycles. The lowest BCUT2D eigenvalue weighted by atomic mass is 9.37. The fourth-order valence-electron chi connectivity index (χ4n) is 6.26. The van der Waals surface area contributed by atoms with Gasteiger partial charge in [-0.25, -0.2) is 4.98 Å². The second-order valence-electron chi connectivity index (χ2n) is 11.3. The zero-order valence-corrected chi connectivity index (χ0v) is 27.5. The van der Waals surface area contributed by atoms with Crippen LogP contribution in [0.15, 0.2) is 195 Å². The molecule has 0 aliphatic rings. The minimum atomic E-state index is -0.858. The maximum Gasteiger partial charge on any atom is 0.241 e. The molecule has 0 amide bonds. The number of nitrogens with zero attached hydrogens (tertiary/aromatic N) is 2. The lowest BCUT2D eigenvalue weighted by Gasteiger charge is -2.37. The summed E-state index contributed by atoms with van der Waals surface area (Å²) < 4.78 is 7.74. The van der Waals surface area contributed by atoms with Gasteiger partial charge >= 0.3 is 0 Å². The first kappa shape index (κ1) is 30.6. The van der Waals surface area contributed by atoms with E-state index in [0.29, 0.717) is 6.71 Å². The predicted octanol–water partition coefficient (Wildman–Crippen LogP) is 5.34. The molecule has 0 saturated carbocycles. The van der Waals surface area contributed by atoms with E-state index in [9.17, 15) is 0 Å². The van der Waals surface area contributed by atoms with Gasteiger partial charge in [-0.2, -0.15) is 0 Å². The Hall–Kier alpha value is -5.39. The maximum absolute atomic E-state index is 5.47. The molecule has 0 fully saturated rings. The van der Waals surface area contributed by atoms with E-state index < -0.39 is 9.52 Å². The number of hydrogen-bond acceptors (Lipinski definition) is 2. The molecule has 0 saturated heterocycles. The molecule has 0 atom stereocenters. The van der Waals surface area contributed by atoms with Crippen molar-refractivity contribution in [2.45, 2.75) is 5.16 Å². The Balaban J connectivity index is 0.000000172. The molecule has 0 unspecified atom stereocenters. The van der Waals surface area contributed by atoms with Gasteiger partial charge in [0.2, 0.25) is 6.71 Å². The Morgan fingerprint density at radius 3 is 1.43 bits per heavy atom. The average Bonchev–Trinajstić information content (AvgIpc) is 3.69. The third-order valence-electron chi connectivity index (χ3n) is 8.44. The van der Waals surface area contributed by atoms with E-state index in [1.807, 2.05) is 18.6 Å². The largest absolute Gasteiger partial charge is 0.497 e. The predicted molar refractivity (Wildman–Crippen MR) is 196 cm³/mol. The number of benzene rings is 6. The Labute approximate surface area is 275 Å². The van der Waals surface area contributed by atoms with Crippen LogP contribution in [0.5, 0.6) is 5.75 Å². The van der Waals surface area contributed by atoms with Gasteiger partial charge < -0.3 is 9.30 Å². The molecule has 1 aromatic heterocycles. The fourth-order valence-corrected chi connectivity index (χ4v) is 8.66. The number of ether oxygens (including phenoxy) is 1. The number of imidazole rings is 1. The van der Waals surface area contributed by atoms with E-state index in [1.54, 1.807) is 7.11 Å². The number of hydrogen-bond donors (Lipinski definition) is 0. The van der Waals surface area contributed by atoms with E-state index in [-0.39, 0.29) is 5.16 Å². The summed E-state index contributed by atoms with van der Waals surface area (Å²) in [6.07, 6.45) is 5.88. The second kappa shape index (κ2) is 15.1. The molecule has 0 radical (unpaired) electrons. The second-order valence-corrected chi connectivity index (χ2v) is 13.4. The molecule has 5 heteroatoms. The standard InChI is InChI=1S/C23H22N2OSi.C18H15B/c1-26-21-13-8-14-22(17-21)27-23(25-16-15-24-18-25,19-9-4-2-5-10-19)20-11-6-3-7-12-20;1-4-10-16(11-5-1)19(17-12-6-2-7-13-17)18-14-8-3-9-15-18/h2-18H,27H2,1H3;1-15H. The molecule has 0 bridgehead atoms. The van der Waals surface area contributed by atoms with E-state index in [4.69, 9.17) is 4.74 Å². The molecule has 3 nitrogen and oxygen atoms in total. The summed E-state index contributed by atoms with van der Waals surface area (Å²) in [5.41, 5.74) is 6.56. The summed E-state index contributed by atoms with van der Waals surface area (Å²) in [4.78, 5) is 4.37. The molecule has 7 rings (SSSR count). The van der Waals surface area contributed by atoms with Gasteiger partial charge in [0, 0.05) is 12.4 Å². The van der Waals surface area contributed by atoms with Crippen LogP contribution in [0.4, 0.5) is 0 Å². The first-order valence-electron chi connectivity index (χ1n) is 15.7. The van der Waals surface area contributed by atoms with Crippen molar-refractivity contribution in [3.8, 4) is 5.75 Å². The summed E-state index contributed by atoms with van der Waals surface area (Å²) in [6.45, 7) is 0.309. The van der Waals surface area contributed by atoms with Crippen molar-refractivity contribution in [2.24, 2.45) is 0 Å². The molecule has 0 N–H and O–H groups in total. The molecule has 7 aromatic rings. The van der Waals surface area contributed by atoms with Crippen molar-refractivity contribution in [2.75, 3.05) is 7.11 Å². The molecule has 0 aliphatic heterocycles. The van der Waals surface area contributed by atoms with Crippen LogP contribution < -0.4 is 26.3 Å². The number of methoxy groups -OCH3 is 1. The third kappa shape index (κ3) is 6.96. The minimum Gasteiger partial charge on any atom is -0.497 e. The van der Waals surface area contributed by atoms with Crippen LogP contribution in [0.1, 0.15) is 11.1 Å². The van der Waals surface area contributed by atoms with Crippen LogP contribution >= 0.6 is 0 Å². The van der Waals surface area contributed by atoms with Crippen LogP contribution in [0.25, 0.3) is 0 Å². The summed E-state index contributed by atoms with van der Waals surface area (Å²) >= 11 is 0. The van der Waals surface area contributed by atoms with Crippen LogP contribution in [0.3, 0.4) is 0 Å². The number of aromatic nitrogens is 2. The highest BCUT2D eigenvalue weighted by Gasteiger charge is 2.36. The molecule has 0 aliphatic carbocycles. The SMILES string of the molecule is COc1cccc([SiH2]C(c2ccccc2)(c2ccccc2)n2ccnc2)c1.c1ccc(B(c2ccccc2)c2ccccc2)cc1. The van der Waals surface area contributed by atoms with E-state index in [2.05, 4.69) is 186 Å². The lowest BCUT2D eigenvalue weighted by Crippen LogP contribution is -2.51. The number of rotatable bonds is 9. The zero-order valence-electron chi connectivity index (χ0n) is 26.1. The van der Waals surface area contributed by atoms with Gasteiger partial charge in [-0.05, 0) is 23.3 Å². The van der Waals surface area contributed by atoms with Gasteiger partial charge in [0.05, 0.1) is 28.1 Å². The first-order valence-corrected chi connectivity index (χ1v) is 17.1. The van der Waals surface area contributed by atoms with Gasteiger partial charge in [-0.3, -0.25) is 0 Å². The van der Waals surface area contributed by atoms with Crippen molar-refractivity contribution in [1.29, 1.82) is 0 Å². The summed E-state index contributed by atoms with van der Waals surface area (Å²) in [6, 6.07) is 62.0. The Morgan fingerprint density at radius 2 is 1.02 bits per heavy atom. The highest BCUT2D eigenvalue weighted by atomic mass is 28.2. The Bertz CT molecular complexity index is 1750. The van der Waals surface area contributed by atoms with Gasteiger partial charge in [0.25, 0.3) is 0 Å². The smallest absolute Gasteiger partial charge is 0.241 e. The van der Waals surface area contributed by atoms with Gasteiger partial charge in [0.1, 0.15) is 5.75 Å². The van der Waals surface area contributed by atoms with Crippen LogP contribution in [0.2, 0.25) is 0 Å². The van der Waals surface area contributed by atoms with E-state index >= 15 is 0 Å². The van der Waals surface area contributed by atoms with E-state index in [1.165, 1.54) is 32.7 Å². The topological polar surface area (TPSA) is 27.1 Å². The molecule has 46 heavy (non-hydrogen) atoms. The van der Waals surface area contributed by atoms with E-state index in [0.717, 1.165) is 5.75 Å². The summed E-state index contributed by atoms with van der Waals surface area (Å²) in [7, 11) is 0.863.